The fourth-order valence-corrected chi connectivity index (χ4v) is 2.84. The molecule has 1 N–H and O–H groups in total. The van der Waals surface area contributed by atoms with Gasteiger partial charge in [-0.05, 0) is 25.6 Å². The molecule has 0 aliphatic heterocycles. The number of nitrogens with zero attached hydrogens (tertiary/aromatic N) is 1. The predicted octanol–water partition coefficient (Wildman–Crippen LogP) is 1.04. The number of nitrogens with one attached hydrogen (secondary N) is 1. The van der Waals surface area contributed by atoms with Gasteiger partial charge in [0.15, 0.2) is 0 Å². The summed E-state index contributed by atoms with van der Waals surface area (Å²) < 4.78 is 36.2. The van der Waals surface area contributed by atoms with E-state index in [9.17, 15) is 8.42 Å². The Morgan fingerprint density at radius 2 is 2.16 bits per heavy atom. The van der Waals surface area contributed by atoms with Crippen LogP contribution in [0.2, 0.25) is 0 Å². The summed E-state index contributed by atoms with van der Waals surface area (Å²) in [6, 6.07) is 2.90. The summed E-state index contributed by atoms with van der Waals surface area (Å²) in [6.45, 7) is 5.40. The van der Waals surface area contributed by atoms with Gasteiger partial charge in [-0.3, -0.25) is 0 Å². The van der Waals surface area contributed by atoms with E-state index in [0.29, 0.717) is 18.9 Å². The number of methoxy groups -OCH3 is 1. The second-order valence-corrected chi connectivity index (χ2v) is 6.26. The second-order valence-electron chi connectivity index (χ2n) is 4.33. The molecule has 0 aromatic carbocycles. The molecule has 0 saturated heterocycles. The first kappa shape index (κ1) is 16.2. The van der Waals surface area contributed by atoms with Crippen LogP contribution in [0.1, 0.15) is 19.6 Å². The van der Waals surface area contributed by atoms with Crippen LogP contribution in [0, 0.1) is 0 Å². The lowest BCUT2D eigenvalue weighted by molar-refractivity contribution is 0.148. The van der Waals surface area contributed by atoms with E-state index in [0.717, 1.165) is 6.54 Å². The minimum Gasteiger partial charge on any atom is -0.447 e. The van der Waals surface area contributed by atoms with Crippen LogP contribution in [0.25, 0.3) is 0 Å². The monoisotopic (exact) mass is 290 g/mol. The van der Waals surface area contributed by atoms with Crippen molar-refractivity contribution in [2.24, 2.45) is 0 Å². The Morgan fingerprint density at radius 1 is 1.47 bits per heavy atom. The van der Waals surface area contributed by atoms with Crippen molar-refractivity contribution in [2.45, 2.75) is 31.5 Å². The highest BCUT2D eigenvalue weighted by atomic mass is 32.2. The molecule has 1 aromatic rings. The normalized spacial score (nSPS) is 13.9. The highest BCUT2D eigenvalue weighted by molar-refractivity contribution is 7.89. The van der Waals surface area contributed by atoms with Gasteiger partial charge >= 0.3 is 0 Å². The van der Waals surface area contributed by atoms with Gasteiger partial charge in [-0.15, -0.1) is 0 Å². The molecule has 0 amide bonds. The van der Waals surface area contributed by atoms with Gasteiger partial charge in [0.1, 0.15) is 5.76 Å². The summed E-state index contributed by atoms with van der Waals surface area (Å²) in [7, 11) is -0.546. The maximum Gasteiger partial charge on any atom is 0.276 e. The summed E-state index contributed by atoms with van der Waals surface area (Å²) in [5.74, 6) is 0.605. The Balaban J connectivity index is 2.84. The number of ether oxygens (including phenoxy) is 1. The molecule has 6 nitrogen and oxygen atoms in total. The lowest BCUT2D eigenvalue weighted by Gasteiger charge is -2.22. The summed E-state index contributed by atoms with van der Waals surface area (Å²) in [4.78, 5) is 0. The zero-order valence-electron chi connectivity index (χ0n) is 11.8. The van der Waals surface area contributed by atoms with Crippen molar-refractivity contribution in [1.29, 1.82) is 0 Å². The highest BCUT2D eigenvalue weighted by Gasteiger charge is 2.28. The van der Waals surface area contributed by atoms with Gasteiger partial charge in [0, 0.05) is 20.2 Å². The molecule has 0 bridgehead atoms. The summed E-state index contributed by atoms with van der Waals surface area (Å²) in [6.07, 6.45) is 0. The van der Waals surface area contributed by atoms with Crippen LogP contribution in [-0.4, -0.2) is 46.1 Å². The van der Waals surface area contributed by atoms with Crippen LogP contribution >= 0.6 is 0 Å². The van der Waals surface area contributed by atoms with Crippen molar-refractivity contribution in [3.8, 4) is 0 Å². The number of furan rings is 1. The maximum atomic E-state index is 12.3. The third-order valence-electron chi connectivity index (χ3n) is 2.85. The molecule has 0 radical (unpaired) electrons. The quantitative estimate of drug-likeness (QED) is 0.774. The average Bonchev–Trinajstić information content (AvgIpc) is 2.85. The molecule has 0 fully saturated rings. The summed E-state index contributed by atoms with van der Waals surface area (Å²) >= 11 is 0. The van der Waals surface area contributed by atoms with Crippen molar-refractivity contribution >= 4 is 10.0 Å². The molecule has 110 valence electrons. The molecule has 0 spiro atoms. The van der Waals surface area contributed by atoms with Crippen molar-refractivity contribution in [3.05, 3.63) is 17.9 Å². The minimum absolute atomic E-state index is 0.0362. The van der Waals surface area contributed by atoms with Crippen molar-refractivity contribution in [1.82, 2.24) is 9.62 Å². The summed E-state index contributed by atoms with van der Waals surface area (Å²) in [5, 5.41) is 3.04. The lowest BCUT2D eigenvalue weighted by Crippen LogP contribution is -2.37. The zero-order chi connectivity index (χ0) is 14.5. The number of likely N-dealkylation sites (N-methyl/N-ethyl adjacent to an activating group) is 1. The molecule has 1 aromatic heterocycles. The predicted molar refractivity (Wildman–Crippen MR) is 72.4 cm³/mol. The molecular formula is C12H22N2O4S. The van der Waals surface area contributed by atoms with Crippen LogP contribution < -0.4 is 5.32 Å². The van der Waals surface area contributed by atoms with E-state index in [1.165, 1.54) is 17.4 Å². The van der Waals surface area contributed by atoms with E-state index in [1.54, 1.807) is 20.1 Å². The number of sulfonamides is 1. The van der Waals surface area contributed by atoms with Gasteiger partial charge in [0.05, 0.1) is 13.2 Å². The van der Waals surface area contributed by atoms with E-state index in [-0.39, 0.29) is 11.1 Å². The highest BCUT2D eigenvalue weighted by Crippen LogP contribution is 2.19. The van der Waals surface area contributed by atoms with Gasteiger partial charge in [-0.2, -0.15) is 4.31 Å². The van der Waals surface area contributed by atoms with E-state index in [2.05, 4.69) is 5.32 Å². The first-order chi connectivity index (χ1) is 8.93. The molecule has 1 rings (SSSR count). The number of hydrogen-bond acceptors (Lipinski definition) is 5. The molecule has 1 heterocycles. The Hall–Kier alpha value is -0.890. The zero-order valence-corrected chi connectivity index (χ0v) is 12.7. The number of hydrogen-bond donors (Lipinski definition) is 1. The van der Waals surface area contributed by atoms with Gasteiger partial charge in [0.25, 0.3) is 10.0 Å². The van der Waals surface area contributed by atoms with Crippen LogP contribution in [0.15, 0.2) is 21.6 Å². The lowest BCUT2D eigenvalue weighted by atomic mass is 10.4. The van der Waals surface area contributed by atoms with Gasteiger partial charge in [0.2, 0.25) is 5.09 Å². The Bertz CT molecular complexity index is 484. The molecule has 0 aliphatic rings. The molecule has 1 atom stereocenters. The molecular weight excluding hydrogens is 268 g/mol. The van der Waals surface area contributed by atoms with Crippen LogP contribution in [-0.2, 0) is 21.3 Å². The van der Waals surface area contributed by atoms with Gasteiger partial charge < -0.3 is 14.5 Å². The fraction of sp³-hybridized carbons (Fsp3) is 0.667. The number of rotatable bonds is 8. The third-order valence-corrected chi connectivity index (χ3v) is 4.69. The molecule has 1 unspecified atom stereocenters. The fourth-order valence-electron chi connectivity index (χ4n) is 1.57. The first-order valence-electron chi connectivity index (χ1n) is 6.19. The molecule has 0 saturated carbocycles. The van der Waals surface area contributed by atoms with E-state index in [1.807, 2.05) is 6.92 Å². The van der Waals surface area contributed by atoms with Crippen molar-refractivity contribution < 1.29 is 17.6 Å². The van der Waals surface area contributed by atoms with Crippen molar-refractivity contribution in [3.63, 3.8) is 0 Å². The van der Waals surface area contributed by atoms with Gasteiger partial charge in [-0.1, -0.05) is 6.92 Å². The largest absolute Gasteiger partial charge is 0.447 e. The Labute approximate surface area is 114 Å². The smallest absolute Gasteiger partial charge is 0.276 e. The molecule has 0 aliphatic carbocycles. The Morgan fingerprint density at radius 3 is 2.74 bits per heavy atom. The molecule has 7 heteroatoms. The summed E-state index contributed by atoms with van der Waals surface area (Å²) in [5.41, 5.74) is 0. The van der Waals surface area contributed by atoms with Crippen LogP contribution in [0.4, 0.5) is 0 Å². The van der Waals surface area contributed by atoms with Crippen LogP contribution in [0.5, 0.6) is 0 Å². The maximum absolute atomic E-state index is 12.3. The minimum atomic E-state index is -3.61. The molecule has 19 heavy (non-hydrogen) atoms. The standard InChI is InChI=1S/C12H22N2O4S/c1-5-13-8-11-6-7-12(18-11)19(15,16)14(3)10(2)9-17-4/h6-7,10,13H,5,8-9H2,1-4H3. The first-order valence-corrected chi connectivity index (χ1v) is 7.63. The van der Waals surface area contributed by atoms with Gasteiger partial charge in [-0.25, -0.2) is 8.42 Å². The topological polar surface area (TPSA) is 71.8 Å². The van der Waals surface area contributed by atoms with E-state index >= 15 is 0 Å². The third kappa shape index (κ3) is 4.04. The average molecular weight is 290 g/mol. The van der Waals surface area contributed by atoms with Crippen LogP contribution in [0.3, 0.4) is 0 Å². The SMILES string of the molecule is CCNCc1ccc(S(=O)(=O)N(C)C(C)COC)o1. The second kappa shape index (κ2) is 7.04. The van der Waals surface area contributed by atoms with Crippen molar-refractivity contribution in [2.75, 3.05) is 27.3 Å². The van der Waals surface area contributed by atoms with E-state index in [4.69, 9.17) is 9.15 Å². The Kier molecular flexibility index (Phi) is 5.99. The van der Waals surface area contributed by atoms with E-state index < -0.39 is 10.0 Å².